The van der Waals surface area contributed by atoms with Gasteiger partial charge in [-0.1, -0.05) is 62.6 Å². The summed E-state index contributed by atoms with van der Waals surface area (Å²) in [5.74, 6) is -2.19. The van der Waals surface area contributed by atoms with E-state index in [1.54, 1.807) is 4.90 Å². The Morgan fingerprint density at radius 2 is 1.87 bits per heavy atom. The molecule has 0 radical (unpaired) electrons. The second kappa shape index (κ2) is 15.5. The lowest BCUT2D eigenvalue weighted by Gasteiger charge is -2.42. The Morgan fingerprint density at radius 1 is 1.11 bits per heavy atom. The summed E-state index contributed by atoms with van der Waals surface area (Å²) in [7, 11) is -3.93. The average Bonchev–Trinajstić information content (AvgIpc) is 3.76. The lowest BCUT2D eigenvalue weighted by atomic mass is 9.70. The highest BCUT2D eigenvalue weighted by atomic mass is 32.2. The molecule has 0 unspecified atom stereocenters. The molecule has 4 atom stereocenters. The van der Waals surface area contributed by atoms with Crippen LogP contribution in [0, 0.1) is 5.41 Å². The third kappa shape index (κ3) is 8.55. The molecule has 2 aliphatic carbocycles. The van der Waals surface area contributed by atoms with E-state index < -0.39 is 74.3 Å². The van der Waals surface area contributed by atoms with E-state index in [0.717, 1.165) is 36.0 Å². The van der Waals surface area contributed by atoms with Crippen molar-refractivity contribution in [1.29, 1.82) is 0 Å². The highest BCUT2D eigenvalue weighted by Gasteiger charge is 2.51. The van der Waals surface area contributed by atoms with Crippen LogP contribution >= 0.6 is 0 Å². The maximum absolute atomic E-state index is 14.8. The number of benzene rings is 1. The van der Waals surface area contributed by atoms with Gasteiger partial charge in [0.2, 0.25) is 21.8 Å². The van der Waals surface area contributed by atoms with Crippen molar-refractivity contribution in [3.63, 3.8) is 0 Å². The molecule has 1 aromatic rings. The Balaban J connectivity index is 1.30. The van der Waals surface area contributed by atoms with Crippen molar-refractivity contribution in [2.24, 2.45) is 5.41 Å². The minimum Gasteiger partial charge on any atom is -0.450 e. The first-order chi connectivity index (χ1) is 25.2. The van der Waals surface area contributed by atoms with Gasteiger partial charge >= 0.3 is 12.2 Å². The van der Waals surface area contributed by atoms with Crippen LogP contribution in [0.1, 0.15) is 101 Å². The highest BCUT2D eigenvalue weighted by Crippen LogP contribution is 2.41. The molecule has 6 rings (SSSR count). The molecule has 2 saturated carbocycles. The number of ether oxygens (including phenoxy) is 2. The van der Waals surface area contributed by atoms with Gasteiger partial charge in [0.1, 0.15) is 23.7 Å². The van der Waals surface area contributed by atoms with Gasteiger partial charge in [0.05, 0.1) is 24.9 Å². The van der Waals surface area contributed by atoms with Crippen molar-refractivity contribution >= 4 is 46.0 Å². The Hall–Kier alpha value is -4.40. The van der Waals surface area contributed by atoms with E-state index in [2.05, 4.69) is 21.9 Å². The minimum atomic E-state index is -3.93. The number of nitrogens with zero attached hydrogens (tertiary/aromatic N) is 2. The minimum absolute atomic E-state index is 0.0852. The Morgan fingerprint density at radius 3 is 2.58 bits per heavy atom. The molecule has 14 nitrogen and oxygen atoms in total. The summed E-state index contributed by atoms with van der Waals surface area (Å²) in [6, 6.07) is 3.60. The fraction of sp³-hybridized carbons (Fsp3) is 0.605. The fourth-order valence-electron chi connectivity index (χ4n) is 7.96. The quantitative estimate of drug-likeness (QED) is 0.330. The molecule has 1 saturated heterocycles. The van der Waals surface area contributed by atoms with Gasteiger partial charge in [-0.2, -0.15) is 0 Å². The lowest BCUT2D eigenvalue weighted by Crippen LogP contribution is -2.63. The highest BCUT2D eigenvalue weighted by molar-refractivity contribution is 7.91. The van der Waals surface area contributed by atoms with E-state index >= 15 is 0 Å². The summed E-state index contributed by atoms with van der Waals surface area (Å²) in [6.45, 7) is 7.71. The van der Waals surface area contributed by atoms with Crippen LogP contribution in [0.3, 0.4) is 0 Å². The number of allylic oxidation sites excluding steroid dienone is 1. The van der Waals surface area contributed by atoms with Crippen LogP contribution < -0.4 is 15.4 Å². The standard InChI is InChI=1S/C38H51N5O9S/c1-4-17-38(3,34(46)41-53(49,50)28-15-16-28)40-32(44)30-21-27-23-43(30)33(45)31(37(2)18-8-6-9-19-37)39-35(47)51-20-10-5-7-12-25-13-11-14-26-22-42(24-29(25)26)36(48)52-27/h4,7,11-14,27-28,30-31H,1,5-6,8-10,15-24H2,2-3H3,(H,39,47)(H,40,44)(H,41,46)/b12-7+/t27-,30+,31-,38-/m1/s1. The number of fused-ring (bicyclic) bond motifs is 3. The zero-order chi connectivity index (χ0) is 38.0. The Kier molecular flexibility index (Phi) is 11.2. The number of alkyl carbamates (subject to hydrolysis) is 1. The van der Waals surface area contributed by atoms with Crippen LogP contribution in [-0.2, 0) is 47.0 Å². The van der Waals surface area contributed by atoms with Gasteiger partial charge in [-0.05, 0) is 74.0 Å². The molecular formula is C38H51N5O9S. The van der Waals surface area contributed by atoms with Gasteiger partial charge in [0.15, 0.2) is 0 Å². The molecule has 3 fully saturated rings. The molecule has 5 aliphatic rings. The van der Waals surface area contributed by atoms with Crippen molar-refractivity contribution in [1.82, 2.24) is 25.2 Å². The number of cyclic esters (lactones) is 1. The molecule has 5 amide bonds. The number of amides is 5. The largest absolute Gasteiger partial charge is 0.450 e. The molecule has 4 bridgehead atoms. The zero-order valence-corrected chi connectivity index (χ0v) is 31.4. The topological polar surface area (TPSA) is 181 Å². The van der Waals surface area contributed by atoms with Crippen LogP contribution in [0.15, 0.2) is 36.9 Å². The summed E-state index contributed by atoms with van der Waals surface area (Å²) < 4.78 is 39.0. The first-order valence-electron chi connectivity index (χ1n) is 18.7. The average molecular weight is 754 g/mol. The number of nitrogens with one attached hydrogen (secondary N) is 3. The van der Waals surface area contributed by atoms with Crippen LogP contribution in [0.2, 0.25) is 0 Å². The normalized spacial score (nSPS) is 26.8. The monoisotopic (exact) mass is 753 g/mol. The van der Waals surface area contributed by atoms with Crippen LogP contribution in [0.4, 0.5) is 9.59 Å². The number of carbonyl (C=O) groups is 5. The number of rotatable bonds is 8. The van der Waals surface area contributed by atoms with Gasteiger partial charge < -0.3 is 25.0 Å². The van der Waals surface area contributed by atoms with Gasteiger partial charge in [-0.3, -0.25) is 24.0 Å². The SMILES string of the molecule is C=CC[C@@](C)(NC(=O)[C@@H]1C[C@@H]2CN1C(=O)[C@H](C1(C)CCCCC1)NC(=O)OCCC/C=C/c1cccc3c1CN(C3)C(=O)O2)C(=O)NS(=O)(=O)C1CC1. The number of sulfonamides is 1. The van der Waals surface area contributed by atoms with E-state index in [4.69, 9.17) is 9.47 Å². The zero-order valence-electron chi connectivity index (χ0n) is 30.6. The first-order valence-corrected chi connectivity index (χ1v) is 20.2. The molecular weight excluding hydrogens is 703 g/mol. The molecule has 288 valence electrons. The second-order valence-electron chi connectivity index (χ2n) is 15.6. The molecule has 1 aromatic carbocycles. The summed E-state index contributed by atoms with van der Waals surface area (Å²) in [5.41, 5.74) is 0.578. The van der Waals surface area contributed by atoms with Crippen LogP contribution in [0.5, 0.6) is 0 Å². The second-order valence-corrected chi connectivity index (χ2v) is 17.5. The van der Waals surface area contributed by atoms with E-state index in [0.29, 0.717) is 51.6 Å². The van der Waals surface area contributed by atoms with Crippen LogP contribution in [-0.4, -0.2) is 90.3 Å². The van der Waals surface area contributed by atoms with E-state index in [9.17, 15) is 32.4 Å². The summed E-state index contributed by atoms with van der Waals surface area (Å²) in [6.07, 6.45) is 9.07. The van der Waals surface area contributed by atoms with E-state index in [1.165, 1.54) is 17.9 Å². The van der Waals surface area contributed by atoms with Gasteiger partial charge in [-0.25, -0.2) is 18.0 Å². The van der Waals surface area contributed by atoms with Crippen LogP contribution in [0.25, 0.3) is 6.08 Å². The Bertz CT molecular complexity index is 1770. The third-order valence-corrected chi connectivity index (χ3v) is 13.1. The van der Waals surface area contributed by atoms with E-state index in [1.807, 2.05) is 37.3 Å². The van der Waals surface area contributed by atoms with E-state index in [-0.39, 0.29) is 26.0 Å². The molecule has 15 heteroatoms. The number of carbonyl (C=O) groups excluding carboxylic acids is 5. The lowest BCUT2D eigenvalue weighted by molar-refractivity contribution is -0.144. The van der Waals surface area contributed by atoms with Gasteiger partial charge in [-0.15, -0.1) is 6.58 Å². The van der Waals surface area contributed by atoms with Crippen molar-refractivity contribution in [3.8, 4) is 0 Å². The maximum atomic E-state index is 14.8. The molecule has 53 heavy (non-hydrogen) atoms. The third-order valence-electron chi connectivity index (χ3n) is 11.3. The smallest absolute Gasteiger partial charge is 0.410 e. The molecule has 0 aromatic heterocycles. The summed E-state index contributed by atoms with van der Waals surface area (Å²) >= 11 is 0. The fourth-order valence-corrected chi connectivity index (χ4v) is 9.36. The predicted octanol–water partition coefficient (Wildman–Crippen LogP) is 4.04. The summed E-state index contributed by atoms with van der Waals surface area (Å²) in [4.78, 5) is 72.3. The molecule has 3 N–H and O–H groups in total. The molecule has 0 spiro atoms. The maximum Gasteiger partial charge on any atom is 0.410 e. The number of hydrogen-bond donors (Lipinski definition) is 3. The van der Waals surface area contributed by atoms with Crippen molar-refractivity contribution < 1.29 is 41.9 Å². The van der Waals surface area contributed by atoms with Crippen molar-refractivity contribution in [2.75, 3.05) is 13.2 Å². The molecule has 3 aliphatic heterocycles. The van der Waals surface area contributed by atoms with Crippen molar-refractivity contribution in [2.45, 2.75) is 127 Å². The van der Waals surface area contributed by atoms with Gasteiger partial charge in [0.25, 0.3) is 5.91 Å². The summed E-state index contributed by atoms with van der Waals surface area (Å²) in [5, 5.41) is 4.88. The number of hydrogen-bond acceptors (Lipinski definition) is 9. The Labute approximate surface area is 311 Å². The molecule has 3 heterocycles. The first kappa shape index (κ1) is 38.3. The predicted molar refractivity (Wildman–Crippen MR) is 195 cm³/mol. The van der Waals surface area contributed by atoms with Gasteiger partial charge in [0, 0.05) is 13.0 Å². The van der Waals surface area contributed by atoms with Crippen molar-refractivity contribution in [3.05, 3.63) is 53.6 Å².